The average Bonchev–Trinajstić information content (AvgIpc) is 2.69. The van der Waals surface area contributed by atoms with Gasteiger partial charge in [0, 0.05) is 17.1 Å². The molecule has 0 aliphatic rings. The van der Waals surface area contributed by atoms with Crippen LogP contribution in [-0.4, -0.2) is 42.0 Å². The Morgan fingerprint density at radius 1 is 1.16 bits per heavy atom. The quantitative estimate of drug-likeness (QED) is 0.552. The Kier molecular flexibility index (Phi) is 8.77. The number of methoxy groups -OCH3 is 1. The molecule has 1 atom stereocenters. The minimum atomic E-state index is -0.689. The van der Waals surface area contributed by atoms with E-state index >= 15 is 0 Å². The number of carbonyl (C=O) groups is 2. The lowest BCUT2D eigenvalue weighted by atomic mass is 10.1. The second-order valence-electron chi connectivity index (χ2n) is 8.15. The van der Waals surface area contributed by atoms with E-state index in [0.29, 0.717) is 15.2 Å². The van der Waals surface area contributed by atoms with Gasteiger partial charge < -0.3 is 19.7 Å². The van der Waals surface area contributed by atoms with E-state index in [0.717, 1.165) is 11.3 Å². The molecule has 1 N–H and O–H groups in total. The van der Waals surface area contributed by atoms with Crippen molar-refractivity contribution in [1.29, 1.82) is 0 Å². The van der Waals surface area contributed by atoms with E-state index < -0.39 is 11.6 Å². The molecule has 2 aromatic carbocycles. The van der Waals surface area contributed by atoms with Gasteiger partial charge in [-0.05, 0) is 79.5 Å². The molecule has 168 valence electrons. The van der Waals surface area contributed by atoms with Crippen LogP contribution in [0.25, 0.3) is 0 Å². The lowest BCUT2D eigenvalue weighted by Crippen LogP contribution is -2.53. The van der Waals surface area contributed by atoms with Gasteiger partial charge in [0.15, 0.2) is 6.61 Å². The van der Waals surface area contributed by atoms with Crippen molar-refractivity contribution in [2.45, 2.75) is 45.8 Å². The van der Waals surface area contributed by atoms with E-state index in [1.165, 1.54) is 4.90 Å². The molecular weight excluding hydrogens is 484 g/mol. The van der Waals surface area contributed by atoms with Gasteiger partial charge in [-0.2, -0.15) is 0 Å². The summed E-state index contributed by atoms with van der Waals surface area (Å²) in [6.45, 7) is 7.44. The highest BCUT2D eigenvalue weighted by Crippen LogP contribution is 2.28. The molecule has 2 rings (SSSR count). The molecule has 0 unspecified atom stereocenters. The monoisotopic (exact) mass is 510 g/mol. The van der Waals surface area contributed by atoms with Crippen LogP contribution in [0.1, 0.15) is 33.3 Å². The Labute approximate surface area is 197 Å². The van der Waals surface area contributed by atoms with Gasteiger partial charge in [-0.3, -0.25) is 9.59 Å². The van der Waals surface area contributed by atoms with E-state index in [2.05, 4.69) is 21.2 Å². The summed E-state index contributed by atoms with van der Waals surface area (Å²) in [7, 11) is 1.59. The SMILES string of the molecule is COc1ccc(CN(C(=O)COc2ccc(Cl)cc2Br)[C@@H](C)C(=O)NC(C)(C)C)cc1. The summed E-state index contributed by atoms with van der Waals surface area (Å²) in [5.74, 6) is 0.668. The zero-order valence-electron chi connectivity index (χ0n) is 18.4. The Morgan fingerprint density at radius 2 is 1.81 bits per heavy atom. The van der Waals surface area contributed by atoms with E-state index in [4.69, 9.17) is 21.1 Å². The molecule has 0 fully saturated rings. The molecule has 6 nitrogen and oxygen atoms in total. The Balaban J connectivity index is 2.19. The van der Waals surface area contributed by atoms with Crippen LogP contribution in [0, 0.1) is 0 Å². The first-order valence-electron chi connectivity index (χ1n) is 9.82. The zero-order valence-corrected chi connectivity index (χ0v) is 20.7. The topological polar surface area (TPSA) is 67.9 Å². The van der Waals surface area contributed by atoms with Crippen LogP contribution in [0.2, 0.25) is 5.02 Å². The number of rotatable bonds is 8. The van der Waals surface area contributed by atoms with Gasteiger partial charge in [0.05, 0.1) is 11.6 Å². The van der Waals surface area contributed by atoms with E-state index in [-0.39, 0.29) is 25.0 Å². The van der Waals surface area contributed by atoms with Crippen molar-refractivity contribution in [2.75, 3.05) is 13.7 Å². The molecule has 0 aliphatic heterocycles. The molecule has 2 amide bonds. The third-order valence-corrected chi connectivity index (χ3v) is 5.28. The fraction of sp³-hybridized carbons (Fsp3) is 0.391. The fourth-order valence-corrected chi connectivity index (χ4v) is 3.60. The summed E-state index contributed by atoms with van der Waals surface area (Å²) in [4.78, 5) is 27.4. The standard InChI is InChI=1S/C23H28BrClN2O4/c1-15(22(29)26-23(2,3)4)27(13-16-6-9-18(30-5)10-7-16)21(28)14-31-20-11-8-17(25)12-19(20)24/h6-12,15H,13-14H2,1-5H3,(H,26,29)/t15-/m0/s1. The first-order valence-corrected chi connectivity index (χ1v) is 11.0. The highest BCUT2D eigenvalue weighted by molar-refractivity contribution is 9.10. The molecule has 0 saturated heterocycles. The van der Waals surface area contributed by atoms with Crippen LogP contribution in [-0.2, 0) is 16.1 Å². The molecular formula is C23H28BrClN2O4. The lowest BCUT2D eigenvalue weighted by molar-refractivity contribution is -0.142. The van der Waals surface area contributed by atoms with Gasteiger partial charge in [-0.25, -0.2) is 0 Å². The van der Waals surface area contributed by atoms with E-state index in [1.54, 1.807) is 32.2 Å². The summed E-state index contributed by atoms with van der Waals surface area (Å²) in [6.07, 6.45) is 0. The summed E-state index contributed by atoms with van der Waals surface area (Å²) >= 11 is 9.33. The van der Waals surface area contributed by atoms with E-state index in [9.17, 15) is 9.59 Å². The van der Waals surface area contributed by atoms with Crippen LogP contribution in [0.5, 0.6) is 11.5 Å². The number of ether oxygens (including phenoxy) is 2. The summed E-state index contributed by atoms with van der Waals surface area (Å²) in [5, 5.41) is 3.49. The number of carbonyl (C=O) groups excluding carboxylic acids is 2. The lowest BCUT2D eigenvalue weighted by Gasteiger charge is -2.31. The number of benzene rings is 2. The first-order chi connectivity index (χ1) is 14.5. The fourth-order valence-electron chi connectivity index (χ4n) is 2.80. The second-order valence-corrected chi connectivity index (χ2v) is 9.44. The normalized spacial score (nSPS) is 12.1. The molecule has 0 saturated carbocycles. The highest BCUT2D eigenvalue weighted by atomic mass is 79.9. The molecule has 0 aromatic heterocycles. The third-order valence-electron chi connectivity index (χ3n) is 4.42. The zero-order chi connectivity index (χ0) is 23.2. The molecule has 8 heteroatoms. The van der Waals surface area contributed by atoms with Gasteiger partial charge >= 0.3 is 0 Å². The van der Waals surface area contributed by atoms with Crippen LogP contribution < -0.4 is 14.8 Å². The number of halogens is 2. The minimum Gasteiger partial charge on any atom is -0.497 e. The maximum Gasteiger partial charge on any atom is 0.261 e. The second kappa shape index (κ2) is 10.9. The van der Waals surface area contributed by atoms with Gasteiger partial charge in [0.2, 0.25) is 5.91 Å². The molecule has 0 radical (unpaired) electrons. The maximum absolute atomic E-state index is 13.1. The van der Waals surface area contributed by atoms with Crippen molar-refractivity contribution in [3.05, 3.63) is 57.5 Å². The first kappa shape index (κ1) is 25.0. The smallest absolute Gasteiger partial charge is 0.261 e. The van der Waals surface area contributed by atoms with Gasteiger partial charge in [0.25, 0.3) is 5.91 Å². The third kappa shape index (κ3) is 7.74. The number of hydrogen-bond acceptors (Lipinski definition) is 4. The van der Waals surface area contributed by atoms with E-state index in [1.807, 2.05) is 45.0 Å². The molecule has 0 aliphatic carbocycles. The van der Waals surface area contributed by atoms with Crippen LogP contribution >= 0.6 is 27.5 Å². The number of amides is 2. The molecule has 0 heterocycles. The average molecular weight is 512 g/mol. The minimum absolute atomic E-state index is 0.219. The predicted molar refractivity (Wildman–Crippen MR) is 126 cm³/mol. The van der Waals surface area contributed by atoms with Crippen molar-refractivity contribution < 1.29 is 19.1 Å². The van der Waals surface area contributed by atoms with Gasteiger partial charge in [-0.1, -0.05) is 23.7 Å². The van der Waals surface area contributed by atoms with Gasteiger partial charge in [-0.15, -0.1) is 0 Å². The van der Waals surface area contributed by atoms with Crippen molar-refractivity contribution in [2.24, 2.45) is 0 Å². The molecule has 2 aromatic rings. The molecule has 0 bridgehead atoms. The Bertz CT molecular complexity index is 913. The van der Waals surface area contributed by atoms with Crippen molar-refractivity contribution in [1.82, 2.24) is 10.2 Å². The maximum atomic E-state index is 13.1. The van der Waals surface area contributed by atoms with Crippen LogP contribution in [0.3, 0.4) is 0 Å². The molecule has 0 spiro atoms. The highest BCUT2D eigenvalue weighted by Gasteiger charge is 2.28. The van der Waals surface area contributed by atoms with Crippen LogP contribution in [0.4, 0.5) is 0 Å². The Hall–Kier alpha value is -2.25. The summed E-state index contributed by atoms with van der Waals surface area (Å²) in [6, 6.07) is 11.7. The van der Waals surface area contributed by atoms with Crippen LogP contribution in [0.15, 0.2) is 46.9 Å². The summed E-state index contributed by atoms with van der Waals surface area (Å²) < 4.78 is 11.5. The largest absolute Gasteiger partial charge is 0.497 e. The number of hydrogen-bond donors (Lipinski definition) is 1. The predicted octanol–water partition coefficient (Wildman–Crippen LogP) is 4.82. The van der Waals surface area contributed by atoms with Crippen molar-refractivity contribution in [3.8, 4) is 11.5 Å². The number of nitrogens with one attached hydrogen (secondary N) is 1. The van der Waals surface area contributed by atoms with Gasteiger partial charge in [0.1, 0.15) is 17.5 Å². The van der Waals surface area contributed by atoms with Crippen molar-refractivity contribution >= 4 is 39.3 Å². The molecule has 31 heavy (non-hydrogen) atoms. The summed E-state index contributed by atoms with van der Waals surface area (Å²) in [5.41, 5.74) is 0.461. The Morgan fingerprint density at radius 3 is 2.35 bits per heavy atom. The van der Waals surface area contributed by atoms with Crippen molar-refractivity contribution in [3.63, 3.8) is 0 Å². The number of nitrogens with zero attached hydrogens (tertiary/aromatic N) is 1.